The Morgan fingerprint density at radius 1 is 0.481 bits per heavy atom. The van der Waals surface area contributed by atoms with Crippen molar-refractivity contribution in [2.45, 2.75) is 102 Å². The van der Waals surface area contributed by atoms with Crippen molar-refractivity contribution in [3.05, 3.63) is 33.0 Å². The molecule has 0 aliphatic carbocycles. The van der Waals surface area contributed by atoms with Crippen LogP contribution in [0.25, 0.3) is 19.9 Å². The Morgan fingerprint density at radius 2 is 0.712 bits per heavy atom. The average molecular weight is 865 g/mol. The van der Waals surface area contributed by atoms with Crippen molar-refractivity contribution in [3.63, 3.8) is 0 Å². The maximum absolute atomic E-state index is 11.4. The van der Waals surface area contributed by atoms with Crippen molar-refractivity contribution in [1.82, 2.24) is 9.13 Å². The first-order chi connectivity index (χ1) is 23.2. The molecule has 0 atom stereocenters. The minimum atomic E-state index is -6.72. The smallest absolute Gasteiger partial charge is 0.421 e. The molecule has 0 N–H and O–H groups in total. The predicted octanol–water partition coefficient (Wildman–Crippen LogP) is 5.29. The van der Waals surface area contributed by atoms with E-state index < -0.39 is 62.1 Å². The Hall–Kier alpha value is -2.70. The average Bonchev–Trinajstić information content (AvgIpc) is 3.49. The van der Waals surface area contributed by atoms with Crippen molar-refractivity contribution in [2.75, 3.05) is 0 Å². The topological polar surface area (TPSA) is 182 Å². The molecule has 2 aromatic heterocycles. The zero-order valence-corrected chi connectivity index (χ0v) is 30.4. The van der Waals surface area contributed by atoms with E-state index in [0.717, 1.165) is 60.1 Å². The van der Waals surface area contributed by atoms with E-state index in [-0.39, 0.29) is 0 Å². The summed E-state index contributed by atoms with van der Waals surface area (Å²) in [6, 6.07) is 0. The highest BCUT2D eigenvalue weighted by Gasteiger charge is 2.48. The van der Waals surface area contributed by atoms with Crippen LogP contribution in [0.2, 0.25) is 0 Å². The summed E-state index contributed by atoms with van der Waals surface area (Å²) >= 11 is 0. The van der Waals surface area contributed by atoms with Gasteiger partial charge in [-0.1, -0.05) is 27.7 Å². The van der Waals surface area contributed by atoms with Crippen LogP contribution in [-0.4, -0.2) is 64.8 Å². The van der Waals surface area contributed by atoms with Gasteiger partial charge in [0.2, 0.25) is 0 Å². The van der Waals surface area contributed by atoms with Gasteiger partial charge in [0.1, 0.15) is 24.8 Å². The third kappa shape index (κ3) is 13.3. The number of hydrogen-bond acceptors (Lipinski definition) is 8. The van der Waals surface area contributed by atoms with E-state index in [9.17, 15) is 86.4 Å². The summed E-state index contributed by atoms with van der Waals surface area (Å²) in [5, 5.41) is 0. The van der Waals surface area contributed by atoms with Gasteiger partial charge in [0.15, 0.2) is 40.1 Å². The summed E-state index contributed by atoms with van der Waals surface area (Å²) in [6.45, 7) is 13.3. The first kappa shape index (κ1) is 49.3. The van der Waals surface area contributed by atoms with Crippen molar-refractivity contribution in [2.24, 2.45) is 0 Å². The zero-order valence-electron chi connectivity index (χ0n) is 27.1. The van der Waals surface area contributed by atoms with Gasteiger partial charge < -0.3 is 8.25 Å². The number of rotatable bonds is 13. The zero-order chi connectivity index (χ0) is 41.4. The lowest BCUT2D eigenvalue weighted by atomic mass is 10.3. The molecule has 0 aromatic carbocycles. The molecule has 0 fully saturated rings. The van der Waals surface area contributed by atoms with Crippen LogP contribution in [0, 0.1) is 0 Å². The fourth-order valence-corrected chi connectivity index (χ4v) is 6.98. The quantitative estimate of drug-likeness (QED) is 0.192. The Labute approximate surface area is 290 Å². The first-order valence-electron chi connectivity index (χ1n) is 14.1. The second kappa shape index (κ2) is 18.1. The molecular weight excluding hydrogens is 833 g/mol. The van der Waals surface area contributed by atoms with Crippen LogP contribution in [0.4, 0.5) is 52.7 Å². The van der Waals surface area contributed by atoms with Crippen molar-refractivity contribution < 1.29 is 95.5 Å². The van der Waals surface area contributed by atoms with E-state index in [4.69, 9.17) is 0 Å². The summed E-state index contributed by atoms with van der Waals surface area (Å²) in [5.41, 5.74) is -24.8. The highest BCUT2D eigenvalue weighted by Crippen LogP contribution is 2.37. The summed E-state index contributed by atoms with van der Waals surface area (Å²) in [6.07, 6.45) is 13.6. The molecule has 2 rings (SSSR count). The maximum Gasteiger partial charge on any atom is 0.480 e. The summed E-state index contributed by atoms with van der Waals surface area (Å²) in [4.78, 5) is 0. The standard InChI is InChI=1S/C18H32N4.2C2F6NO4S2/c1-5-9-19-13-14-20(10-6-2)17(19)18-21(11-7-3)15-16-22(18)12-8-4;2*3-1(4,5)14(10,11)9-15(12,13)2(6,7)8/h13-16H,5-12H2,1-4H3;;/q+2;2*-1. The van der Waals surface area contributed by atoms with Crippen LogP contribution < -0.4 is 9.13 Å². The second-order valence-corrected chi connectivity index (χ2v) is 16.7. The van der Waals surface area contributed by atoms with Crippen molar-refractivity contribution >= 4 is 40.1 Å². The molecule has 0 unspecified atom stereocenters. The molecule has 30 heteroatoms. The van der Waals surface area contributed by atoms with E-state index in [0.29, 0.717) is 0 Å². The first-order valence-corrected chi connectivity index (χ1v) is 19.8. The monoisotopic (exact) mass is 864 g/mol. The Morgan fingerprint density at radius 3 is 0.885 bits per heavy atom. The minimum absolute atomic E-state index is 0.778. The van der Waals surface area contributed by atoms with Crippen molar-refractivity contribution in [1.29, 1.82) is 0 Å². The molecule has 0 bridgehead atoms. The van der Waals surface area contributed by atoms with E-state index in [2.05, 4.69) is 70.8 Å². The van der Waals surface area contributed by atoms with Crippen LogP contribution >= 0.6 is 0 Å². The molecule has 0 saturated heterocycles. The molecule has 0 aliphatic rings. The summed E-state index contributed by atoms with van der Waals surface area (Å²) in [7, 11) is -26.9. The van der Waals surface area contributed by atoms with Gasteiger partial charge in [0.25, 0.3) is 0 Å². The van der Waals surface area contributed by atoms with Crippen LogP contribution in [0.5, 0.6) is 0 Å². The summed E-state index contributed by atoms with van der Waals surface area (Å²) in [5.74, 6) is 2.71. The number of sulfonamides is 4. The molecule has 52 heavy (non-hydrogen) atoms. The van der Waals surface area contributed by atoms with Gasteiger partial charge in [-0.2, -0.15) is 52.7 Å². The number of nitrogens with zero attached hydrogens (tertiary/aromatic N) is 6. The highest BCUT2D eigenvalue weighted by atomic mass is 32.3. The lowest BCUT2D eigenvalue weighted by Crippen LogP contribution is -2.42. The number of aryl methyl sites for hydroxylation is 4. The lowest BCUT2D eigenvalue weighted by Gasteiger charge is -2.22. The number of halogens is 12. The fraction of sp³-hybridized carbons (Fsp3) is 0.727. The number of alkyl halides is 12. The van der Waals surface area contributed by atoms with Crippen LogP contribution in [0.15, 0.2) is 24.8 Å². The predicted molar refractivity (Wildman–Crippen MR) is 156 cm³/mol. The van der Waals surface area contributed by atoms with Gasteiger partial charge in [-0.3, -0.25) is 0 Å². The van der Waals surface area contributed by atoms with Gasteiger partial charge in [0.05, 0.1) is 26.2 Å². The fourth-order valence-electron chi connectivity index (χ4n) is 3.56. The molecule has 306 valence electrons. The van der Waals surface area contributed by atoms with Gasteiger partial charge >= 0.3 is 33.7 Å². The molecule has 0 aliphatic heterocycles. The van der Waals surface area contributed by atoms with E-state index in [1.807, 2.05) is 0 Å². The molecule has 0 radical (unpaired) electrons. The van der Waals surface area contributed by atoms with Gasteiger partial charge in [-0.25, -0.2) is 51.9 Å². The minimum Gasteiger partial charge on any atom is -0.421 e. The molecular formula is C22H32F12N6O8S4. The van der Waals surface area contributed by atoms with Crippen LogP contribution in [0.3, 0.4) is 0 Å². The molecule has 2 heterocycles. The Balaban J connectivity index is 0.000000777. The number of aromatic nitrogens is 4. The third-order valence-corrected chi connectivity index (χ3v) is 11.0. The van der Waals surface area contributed by atoms with Gasteiger partial charge in [-0.15, -0.1) is 0 Å². The van der Waals surface area contributed by atoms with Crippen molar-refractivity contribution in [3.8, 4) is 11.6 Å². The van der Waals surface area contributed by atoms with Gasteiger partial charge in [0, 0.05) is 0 Å². The maximum atomic E-state index is 11.4. The normalized spacial score (nSPS) is 13.6. The summed E-state index contributed by atoms with van der Waals surface area (Å²) < 4.78 is 228. The molecule has 0 amide bonds. The van der Waals surface area contributed by atoms with Crippen LogP contribution in [0.1, 0.15) is 53.4 Å². The third-order valence-electron chi connectivity index (χ3n) is 5.56. The Bertz CT molecular complexity index is 1630. The highest BCUT2D eigenvalue weighted by molar-refractivity contribution is 8.13. The molecule has 14 nitrogen and oxygen atoms in total. The van der Waals surface area contributed by atoms with Crippen LogP contribution in [-0.2, 0) is 66.3 Å². The SMILES string of the molecule is CCCn1cc[n+](CCC)c1-c1n(CCC)cc[n+]1CCC.O=S(=O)([N-]S(=O)(=O)C(F)(F)F)C(F)(F)F.O=S(=O)([N-]S(=O)(=O)C(F)(F)F)C(F)(F)F. The lowest BCUT2D eigenvalue weighted by molar-refractivity contribution is -0.715. The number of hydrogen-bond donors (Lipinski definition) is 0. The molecule has 0 spiro atoms. The van der Waals surface area contributed by atoms with E-state index >= 15 is 0 Å². The molecule has 0 saturated carbocycles. The second-order valence-electron chi connectivity index (χ2n) is 9.85. The largest absolute Gasteiger partial charge is 0.480 e. The number of imidazole rings is 2. The molecule has 2 aromatic rings. The van der Waals surface area contributed by atoms with E-state index in [1.54, 1.807) is 0 Å². The van der Waals surface area contributed by atoms with Gasteiger partial charge in [-0.05, 0) is 25.7 Å². The van der Waals surface area contributed by atoms with E-state index in [1.165, 1.54) is 11.6 Å². The Kier molecular flexibility index (Phi) is 17.1.